The molecule has 0 aliphatic rings. The quantitative estimate of drug-likeness (QED) is 0.826. The fraction of sp³-hybridized carbons (Fsp3) is 0.333. The van der Waals surface area contributed by atoms with E-state index in [4.69, 9.17) is 0 Å². The van der Waals surface area contributed by atoms with Crippen LogP contribution < -0.4 is 10.2 Å². The third kappa shape index (κ3) is 3.66. The van der Waals surface area contributed by atoms with Crippen LogP contribution in [-0.4, -0.2) is 14.1 Å². The van der Waals surface area contributed by atoms with E-state index in [-0.39, 0.29) is 0 Å². The summed E-state index contributed by atoms with van der Waals surface area (Å²) in [4.78, 5) is 2.26. The largest absolute Gasteiger partial charge is 0.344 e. The van der Waals surface area contributed by atoms with E-state index in [0.29, 0.717) is 6.04 Å². The van der Waals surface area contributed by atoms with E-state index in [0.717, 1.165) is 4.47 Å². The Hall–Kier alpha value is -1.32. The molecular formula is C18H23BrN2. The molecule has 0 radical (unpaired) electrons. The molecule has 0 aromatic heterocycles. The molecule has 112 valence electrons. The van der Waals surface area contributed by atoms with Crippen molar-refractivity contribution in [2.75, 3.05) is 19.0 Å². The van der Waals surface area contributed by atoms with E-state index < -0.39 is 0 Å². The highest BCUT2D eigenvalue weighted by Gasteiger charge is 2.14. The van der Waals surface area contributed by atoms with Crippen molar-refractivity contribution in [3.05, 3.63) is 57.6 Å². The second kappa shape index (κ2) is 6.63. The summed E-state index contributed by atoms with van der Waals surface area (Å²) in [6, 6.07) is 13.4. The summed E-state index contributed by atoms with van der Waals surface area (Å²) in [5.41, 5.74) is 6.30. The summed E-state index contributed by atoms with van der Waals surface area (Å²) in [7, 11) is 4.12. The molecule has 0 fully saturated rings. The van der Waals surface area contributed by atoms with Crippen LogP contribution in [-0.2, 0) is 0 Å². The van der Waals surface area contributed by atoms with Gasteiger partial charge in [-0.2, -0.15) is 0 Å². The van der Waals surface area contributed by atoms with Gasteiger partial charge in [-0.1, -0.05) is 28.1 Å². The predicted molar refractivity (Wildman–Crippen MR) is 95.6 cm³/mol. The van der Waals surface area contributed by atoms with Crippen molar-refractivity contribution in [2.45, 2.75) is 26.8 Å². The molecular weight excluding hydrogens is 324 g/mol. The third-order valence-electron chi connectivity index (χ3n) is 3.85. The highest BCUT2D eigenvalue weighted by Crippen LogP contribution is 2.33. The van der Waals surface area contributed by atoms with E-state index in [1.807, 2.05) is 7.05 Å². The van der Waals surface area contributed by atoms with Crippen molar-refractivity contribution in [1.29, 1.82) is 0 Å². The third-order valence-corrected chi connectivity index (χ3v) is 4.34. The van der Waals surface area contributed by atoms with Gasteiger partial charge in [0.25, 0.3) is 0 Å². The van der Waals surface area contributed by atoms with E-state index in [9.17, 15) is 0 Å². The number of hydrogen-bond donors (Lipinski definition) is 1. The molecule has 1 unspecified atom stereocenters. The van der Waals surface area contributed by atoms with Crippen LogP contribution >= 0.6 is 15.9 Å². The summed E-state index contributed by atoms with van der Waals surface area (Å²) in [5.74, 6) is 0. The Morgan fingerprint density at radius 2 is 1.67 bits per heavy atom. The van der Waals surface area contributed by atoms with Gasteiger partial charge in [0.1, 0.15) is 0 Å². The van der Waals surface area contributed by atoms with Gasteiger partial charge in [-0.15, -0.1) is 0 Å². The summed E-state index contributed by atoms with van der Waals surface area (Å²) in [5, 5.41) is 3.33. The average molecular weight is 347 g/mol. The number of nitrogens with one attached hydrogen (secondary N) is 1. The fourth-order valence-corrected chi connectivity index (χ4v) is 2.96. The van der Waals surface area contributed by atoms with Crippen LogP contribution in [0.15, 0.2) is 40.9 Å². The van der Waals surface area contributed by atoms with Gasteiger partial charge < -0.3 is 10.2 Å². The first-order chi connectivity index (χ1) is 9.92. The van der Waals surface area contributed by atoms with Gasteiger partial charge in [-0.25, -0.2) is 0 Å². The minimum atomic E-state index is 0.307. The number of benzene rings is 2. The van der Waals surface area contributed by atoms with Gasteiger partial charge >= 0.3 is 0 Å². The highest BCUT2D eigenvalue weighted by molar-refractivity contribution is 9.10. The number of aryl methyl sites for hydroxylation is 2. The maximum atomic E-state index is 3.59. The number of anilines is 2. The molecule has 1 N–H and O–H groups in total. The molecule has 21 heavy (non-hydrogen) atoms. The normalized spacial score (nSPS) is 12.3. The van der Waals surface area contributed by atoms with Crippen LogP contribution in [0.5, 0.6) is 0 Å². The Morgan fingerprint density at radius 1 is 1.05 bits per heavy atom. The van der Waals surface area contributed by atoms with Crippen molar-refractivity contribution in [3.8, 4) is 0 Å². The Bertz CT molecular complexity index is 617. The van der Waals surface area contributed by atoms with Crippen LogP contribution in [0.3, 0.4) is 0 Å². The van der Waals surface area contributed by atoms with Crippen LogP contribution in [0.25, 0.3) is 0 Å². The Kier molecular flexibility index (Phi) is 5.07. The second-order valence-corrected chi connectivity index (χ2v) is 6.53. The lowest BCUT2D eigenvalue weighted by molar-refractivity contribution is 0.652. The molecule has 0 spiro atoms. The SMILES string of the molecule is CNC(C)c1ccc(Br)cc1N(C)c1cc(C)cc(C)c1. The number of hydrogen-bond acceptors (Lipinski definition) is 2. The van der Waals surface area contributed by atoms with Crippen LogP contribution in [0.4, 0.5) is 11.4 Å². The van der Waals surface area contributed by atoms with E-state index in [1.54, 1.807) is 0 Å². The topological polar surface area (TPSA) is 15.3 Å². The van der Waals surface area contributed by atoms with E-state index >= 15 is 0 Å². The number of halogens is 1. The fourth-order valence-electron chi connectivity index (χ4n) is 2.61. The molecule has 0 heterocycles. The monoisotopic (exact) mass is 346 g/mol. The van der Waals surface area contributed by atoms with Gasteiger partial charge in [0.05, 0.1) is 0 Å². The van der Waals surface area contributed by atoms with Gasteiger partial charge in [0.15, 0.2) is 0 Å². The molecule has 3 heteroatoms. The maximum Gasteiger partial charge on any atom is 0.0467 e. The molecule has 0 aliphatic carbocycles. The number of nitrogens with zero attached hydrogens (tertiary/aromatic N) is 1. The van der Waals surface area contributed by atoms with Gasteiger partial charge in [-0.3, -0.25) is 0 Å². The first-order valence-corrected chi connectivity index (χ1v) is 8.00. The molecule has 0 saturated carbocycles. The van der Waals surface area contributed by atoms with Crippen molar-refractivity contribution in [1.82, 2.24) is 5.32 Å². The zero-order valence-corrected chi connectivity index (χ0v) is 15.0. The molecule has 2 aromatic carbocycles. The second-order valence-electron chi connectivity index (χ2n) is 5.62. The summed E-state index contributed by atoms with van der Waals surface area (Å²) < 4.78 is 1.10. The van der Waals surface area contributed by atoms with Crippen LogP contribution in [0, 0.1) is 13.8 Å². The molecule has 2 rings (SSSR count). The minimum absolute atomic E-state index is 0.307. The van der Waals surface area contributed by atoms with Gasteiger partial charge in [-0.05, 0) is 68.8 Å². The van der Waals surface area contributed by atoms with E-state index in [1.165, 1.54) is 28.1 Å². The molecule has 0 aliphatic heterocycles. The maximum absolute atomic E-state index is 3.59. The van der Waals surface area contributed by atoms with Crippen molar-refractivity contribution >= 4 is 27.3 Å². The summed E-state index contributed by atoms with van der Waals surface area (Å²) in [6.45, 7) is 6.47. The summed E-state index contributed by atoms with van der Waals surface area (Å²) >= 11 is 3.59. The first kappa shape index (κ1) is 16.1. The molecule has 0 saturated heterocycles. The lowest BCUT2D eigenvalue weighted by Gasteiger charge is -2.26. The van der Waals surface area contributed by atoms with Crippen LogP contribution in [0.1, 0.15) is 29.7 Å². The lowest BCUT2D eigenvalue weighted by atomic mass is 10.0. The zero-order valence-electron chi connectivity index (χ0n) is 13.4. The zero-order chi connectivity index (χ0) is 15.6. The highest BCUT2D eigenvalue weighted by atomic mass is 79.9. The van der Waals surface area contributed by atoms with Gasteiger partial charge in [0.2, 0.25) is 0 Å². The van der Waals surface area contributed by atoms with Crippen molar-refractivity contribution in [2.24, 2.45) is 0 Å². The Labute approximate surface area is 136 Å². The molecule has 0 bridgehead atoms. The smallest absolute Gasteiger partial charge is 0.0467 e. The standard InChI is InChI=1S/C18H23BrN2/c1-12-8-13(2)10-16(9-12)21(5)18-11-15(19)6-7-17(18)14(3)20-4/h6-11,14,20H,1-5H3. The number of rotatable bonds is 4. The molecule has 2 aromatic rings. The molecule has 2 nitrogen and oxygen atoms in total. The van der Waals surface area contributed by atoms with Gasteiger partial charge in [0, 0.05) is 28.9 Å². The van der Waals surface area contributed by atoms with Crippen molar-refractivity contribution in [3.63, 3.8) is 0 Å². The average Bonchev–Trinajstić information content (AvgIpc) is 2.44. The Balaban J connectivity index is 2.51. The van der Waals surface area contributed by atoms with Crippen LogP contribution in [0.2, 0.25) is 0 Å². The minimum Gasteiger partial charge on any atom is -0.344 e. The molecule has 0 amide bonds. The predicted octanol–water partition coefficient (Wildman–Crippen LogP) is 5.11. The Morgan fingerprint density at radius 3 is 2.24 bits per heavy atom. The lowest BCUT2D eigenvalue weighted by Crippen LogP contribution is -2.18. The van der Waals surface area contributed by atoms with E-state index in [2.05, 4.69) is 90.4 Å². The van der Waals surface area contributed by atoms with Crippen molar-refractivity contribution < 1.29 is 0 Å². The summed E-state index contributed by atoms with van der Waals surface area (Å²) in [6.07, 6.45) is 0. The first-order valence-electron chi connectivity index (χ1n) is 7.21. The molecule has 1 atom stereocenters.